The van der Waals surface area contributed by atoms with Crippen molar-refractivity contribution in [2.24, 2.45) is 0 Å². The summed E-state index contributed by atoms with van der Waals surface area (Å²) < 4.78 is 16.6. The summed E-state index contributed by atoms with van der Waals surface area (Å²) in [6.45, 7) is 7.26. The normalized spacial score (nSPS) is 22.0. The second kappa shape index (κ2) is 13.6. The predicted octanol–water partition coefficient (Wildman–Crippen LogP) is 4.38. The number of aliphatic hydroxyl groups is 1. The van der Waals surface area contributed by atoms with Crippen molar-refractivity contribution in [3.63, 3.8) is 0 Å². The molecule has 4 nitrogen and oxygen atoms in total. The second-order valence-corrected chi connectivity index (χ2v) is 6.16. The van der Waals surface area contributed by atoms with Crippen LogP contribution in [0.25, 0.3) is 0 Å². The topological polar surface area (TPSA) is 51.2 Å². The van der Waals surface area contributed by atoms with E-state index < -0.39 is 6.10 Å². The zero-order chi connectivity index (χ0) is 17.6. The highest BCUT2D eigenvalue weighted by Gasteiger charge is 2.50. The van der Waals surface area contributed by atoms with Gasteiger partial charge in [0.15, 0.2) is 6.29 Å². The lowest BCUT2D eigenvalue weighted by Gasteiger charge is -2.15. The molecule has 1 rings (SSSR count). The van der Waals surface area contributed by atoms with Crippen molar-refractivity contribution in [2.45, 2.75) is 90.3 Å². The van der Waals surface area contributed by atoms with Gasteiger partial charge in [-0.05, 0) is 46.0 Å². The van der Waals surface area contributed by atoms with Crippen molar-refractivity contribution in [2.75, 3.05) is 13.2 Å². The molecule has 0 aromatic rings. The molecule has 0 bridgehead atoms. The summed E-state index contributed by atoms with van der Waals surface area (Å²) in [6, 6.07) is 0. The van der Waals surface area contributed by atoms with Crippen LogP contribution in [0.5, 0.6) is 0 Å². The van der Waals surface area contributed by atoms with E-state index in [-0.39, 0.29) is 18.5 Å². The molecule has 0 saturated carbocycles. The molecule has 0 amide bonds. The van der Waals surface area contributed by atoms with Gasteiger partial charge in [-0.2, -0.15) is 0 Å². The van der Waals surface area contributed by atoms with Crippen molar-refractivity contribution in [1.29, 1.82) is 0 Å². The number of ether oxygens (including phenoxy) is 3. The van der Waals surface area contributed by atoms with E-state index in [0.29, 0.717) is 19.6 Å². The Morgan fingerprint density at radius 1 is 0.917 bits per heavy atom. The zero-order valence-corrected chi connectivity index (χ0v) is 15.7. The van der Waals surface area contributed by atoms with Gasteiger partial charge >= 0.3 is 0 Å². The van der Waals surface area contributed by atoms with E-state index in [0.717, 1.165) is 12.8 Å². The quantitative estimate of drug-likeness (QED) is 0.208. The van der Waals surface area contributed by atoms with E-state index in [1.807, 2.05) is 13.8 Å². The lowest BCUT2D eigenvalue weighted by atomic mass is 10.1. The van der Waals surface area contributed by atoms with E-state index in [1.54, 1.807) is 0 Å². The van der Waals surface area contributed by atoms with E-state index in [1.165, 1.54) is 25.7 Å². The minimum atomic E-state index is -0.451. The molecule has 24 heavy (non-hydrogen) atoms. The Kier molecular flexibility index (Phi) is 12.1. The van der Waals surface area contributed by atoms with E-state index >= 15 is 0 Å². The second-order valence-electron chi connectivity index (χ2n) is 6.16. The van der Waals surface area contributed by atoms with Gasteiger partial charge < -0.3 is 19.3 Å². The fourth-order valence-electron chi connectivity index (χ4n) is 2.68. The van der Waals surface area contributed by atoms with Crippen molar-refractivity contribution < 1.29 is 19.3 Å². The largest absolute Gasteiger partial charge is 0.390 e. The summed E-state index contributed by atoms with van der Waals surface area (Å²) in [6.07, 6.45) is 15.3. The predicted molar refractivity (Wildman–Crippen MR) is 98.0 cm³/mol. The first-order valence-corrected chi connectivity index (χ1v) is 9.61. The molecular formula is C20H36O4. The molecule has 0 aliphatic carbocycles. The zero-order valence-electron chi connectivity index (χ0n) is 15.7. The Labute approximate surface area is 147 Å². The van der Waals surface area contributed by atoms with Crippen molar-refractivity contribution >= 4 is 0 Å². The highest BCUT2D eigenvalue weighted by Crippen LogP contribution is 2.32. The van der Waals surface area contributed by atoms with Crippen LogP contribution in [-0.4, -0.2) is 42.9 Å². The average Bonchev–Trinajstić information content (AvgIpc) is 3.37. The molecule has 1 aliphatic rings. The highest BCUT2D eigenvalue weighted by molar-refractivity contribution is 4.96. The van der Waals surface area contributed by atoms with E-state index in [9.17, 15) is 5.11 Å². The van der Waals surface area contributed by atoms with Gasteiger partial charge in [-0.1, -0.05) is 44.1 Å². The maximum Gasteiger partial charge on any atom is 0.186 e. The number of allylic oxidation sites excluding steroid dienone is 4. The fourth-order valence-corrected chi connectivity index (χ4v) is 2.68. The summed E-state index contributed by atoms with van der Waals surface area (Å²) in [5, 5.41) is 10.2. The molecule has 140 valence electrons. The number of hydrogen-bond acceptors (Lipinski definition) is 4. The molecule has 0 unspecified atom stereocenters. The van der Waals surface area contributed by atoms with Crippen LogP contribution >= 0.6 is 0 Å². The molecule has 0 aromatic heterocycles. The third-order valence-corrected chi connectivity index (χ3v) is 4.08. The molecule has 1 heterocycles. The number of unbranched alkanes of at least 4 members (excludes halogenated alkanes) is 3. The average molecular weight is 341 g/mol. The maximum atomic E-state index is 10.2. The van der Waals surface area contributed by atoms with Gasteiger partial charge in [0.25, 0.3) is 0 Å². The Balaban J connectivity index is 2.10. The third kappa shape index (κ3) is 8.97. The van der Waals surface area contributed by atoms with Gasteiger partial charge in [0, 0.05) is 13.2 Å². The SMILES string of the molecule is CCCCC/C=C/C/C=C/CC[C@@H](O)[C@H]1O[C@H]1C(OCC)OCC. The van der Waals surface area contributed by atoms with Crippen LogP contribution in [0.2, 0.25) is 0 Å². The Hall–Kier alpha value is -0.680. The third-order valence-electron chi connectivity index (χ3n) is 4.08. The molecular weight excluding hydrogens is 304 g/mol. The highest BCUT2D eigenvalue weighted by atomic mass is 16.7. The standard InChI is InChI=1S/C20H36O4/c1-4-7-8-9-10-11-12-13-14-15-16-17(21)18-19(24-18)20(22-5-2)23-6-3/h10-11,13-14,17-21H,4-9,12,15-16H2,1-3H3/b11-10+,14-13+/t17-,18-,19-/m1/s1. The lowest BCUT2D eigenvalue weighted by Crippen LogP contribution is -2.28. The van der Waals surface area contributed by atoms with E-state index in [4.69, 9.17) is 14.2 Å². The molecule has 1 fully saturated rings. The van der Waals surface area contributed by atoms with Crippen LogP contribution in [0.15, 0.2) is 24.3 Å². The molecule has 1 N–H and O–H groups in total. The first-order valence-electron chi connectivity index (χ1n) is 9.61. The molecule has 0 radical (unpaired) electrons. The lowest BCUT2D eigenvalue weighted by molar-refractivity contribution is -0.147. The molecule has 0 aromatic carbocycles. The maximum absolute atomic E-state index is 10.2. The van der Waals surface area contributed by atoms with Crippen molar-refractivity contribution in [3.8, 4) is 0 Å². The van der Waals surface area contributed by atoms with Gasteiger partial charge in [0.05, 0.1) is 6.10 Å². The van der Waals surface area contributed by atoms with Crippen molar-refractivity contribution in [1.82, 2.24) is 0 Å². The van der Waals surface area contributed by atoms with Crippen LogP contribution in [-0.2, 0) is 14.2 Å². The summed E-state index contributed by atoms with van der Waals surface area (Å²) >= 11 is 0. The van der Waals surface area contributed by atoms with Gasteiger partial charge in [-0.3, -0.25) is 0 Å². The molecule has 4 heteroatoms. The fraction of sp³-hybridized carbons (Fsp3) is 0.800. The van der Waals surface area contributed by atoms with E-state index in [2.05, 4.69) is 31.2 Å². The van der Waals surface area contributed by atoms with Crippen LogP contribution in [0.1, 0.15) is 65.7 Å². The monoisotopic (exact) mass is 340 g/mol. The molecule has 1 aliphatic heterocycles. The smallest absolute Gasteiger partial charge is 0.186 e. The van der Waals surface area contributed by atoms with Crippen LogP contribution in [0.4, 0.5) is 0 Å². The van der Waals surface area contributed by atoms with Crippen LogP contribution in [0, 0.1) is 0 Å². The minimum absolute atomic E-state index is 0.130. The Morgan fingerprint density at radius 3 is 2.21 bits per heavy atom. The summed E-state index contributed by atoms with van der Waals surface area (Å²) in [7, 11) is 0. The first-order chi connectivity index (χ1) is 11.7. The number of aliphatic hydroxyl groups excluding tert-OH is 1. The molecule has 1 saturated heterocycles. The van der Waals surface area contributed by atoms with Gasteiger partial charge in [0.2, 0.25) is 0 Å². The van der Waals surface area contributed by atoms with Gasteiger partial charge in [-0.15, -0.1) is 0 Å². The Morgan fingerprint density at radius 2 is 1.58 bits per heavy atom. The van der Waals surface area contributed by atoms with Crippen molar-refractivity contribution in [3.05, 3.63) is 24.3 Å². The number of epoxide rings is 1. The van der Waals surface area contributed by atoms with Gasteiger partial charge in [-0.25, -0.2) is 0 Å². The van der Waals surface area contributed by atoms with Crippen LogP contribution < -0.4 is 0 Å². The minimum Gasteiger partial charge on any atom is -0.390 e. The van der Waals surface area contributed by atoms with Gasteiger partial charge in [0.1, 0.15) is 12.2 Å². The summed E-state index contributed by atoms with van der Waals surface area (Å²) in [4.78, 5) is 0. The summed E-state index contributed by atoms with van der Waals surface area (Å²) in [5.74, 6) is 0. The Bertz CT molecular complexity index is 348. The first kappa shape index (κ1) is 21.4. The number of rotatable bonds is 15. The molecule has 3 atom stereocenters. The summed E-state index contributed by atoms with van der Waals surface area (Å²) in [5.41, 5.74) is 0. The molecule has 0 spiro atoms. The number of hydrogen-bond donors (Lipinski definition) is 1. The van der Waals surface area contributed by atoms with Crippen LogP contribution in [0.3, 0.4) is 0 Å².